The molecule has 0 amide bonds. The maximum atomic E-state index is 4.83. The predicted octanol–water partition coefficient (Wildman–Crippen LogP) is 1.37. The molecule has 2 fully saturated rings. The first-order chi connectivity index (χ1) is 10.7. The van der Waals surface area contributed by atoms with Crippen molar-refractivity contribution in [3.8, 4) is 0 Å². The van der Waals surface area contributed by atoms with Gasteiger partial charge in [-0.3, -0.25) is 9.89 Å². The summed E-state index contributed by atoms with van der Waals surface area (Å²) in [5.41, 5.74) is 0. The lowest BCUT2D eigenvalue weighted by Gasteiger charge is -2.29. The third-order valence-corrected chi connectivity index (χ3v) is 4.98. The highest BCUT2D eigenvalue weighted by Crippen LogP contribution is 2.16. The van der Waals surface area contributed by atoms with Gasteiger partial charge in [-0.15, -0.1) is 0 Å². The smallest absolute Gasteiger partial charge is 0.191 e. The van der Waals surface area contributed by atoms with E-state index in [4.69, 9.17) is 4.99 Å². The monoisotopic (exact) mass is 309 g/mol. The Bertz CT molecular complexity index is 344. The van der Waals surface area contributed by atoms with Gasteiger partial charge in [-0.2, -0.15) is 0 Å². The van der Waals surface area contributed by atoms with Crippen molar-refractivity contribution in [2.24, 2.45) is 10.9 Å². The molecule has 0 spiro atoms. The Kier molecular flexibility index (Phi) is 7.46. The van der Waals surface area contributed by atoms with Crippen LogP contribution in [0.4, 0.5) is 0 Å². The molecule has 128 valence electrons. The third-order valence-electron chi connectivity index (χ3n) is 4.98. The van der Waals surface area contributed by atoms with Gasteiger partial charge in [-0.05, 0) is 65.2 Å². The van der Waals surface area contributed by atoms with Gasteiger partial charge < -0.3 is 15.5 Å². The number of piperidine rings is 1. The molecule has 0 saturated carbocycles. The molecule has 22 heavy (non-hydrogen) atoms. The highest BCUT2D eigenvalue weighted by atomic mass is 15.2. The van der Waals surface area contributed by atoms with Gasteiger partial charge in [0.15, 0.2) is 5.96 Å². The molecule has 5 nitrogen and oxygen atoms in total. The Morgan fingerprint density at radius 1 is 1.14 bits per heavy atom. The number of hydrogen-bond acceptors (Lipinski definition) is 3. The lowest BCUT2D eigenvalue weighted by molar-refractivity contribution is 0.214. The fourth-order valence-corrected chi connectivity index (χ4v) is 3.74. The number of aliphatic imine (C=N–C) groups is 1. The van der Waals surface area contributed by atoms with E-state index < -0.39 is 0 Å². The van der Waals surface area contributed by atoms with E-state index in [-0.39, 0.29) is 0 Å². The van der Waals surface area contributed by atoms with E-state index in [2.05, 4.69) is 41.3 Å². The summed E-state index contributed by atoms with van der Waals surface area (Å²) in [6.45, 7) is 12.1. The minimum Gasteiger partial charge on any atom is -0.357 e. The minimum atomic E-state index is 0.676. The van der Waals surface area contributed by atoms with Crippen molar-refractivity contribution in [2.45, 2.75) is 45.6 Å². The average Bonchev–Trinajstić information content (AvgIpc) is 2.97. The molecule has 2 saturated heterocycles. The molecule has 0 aromatic rings. The van der Waals surface area contributed by atoms with Gasteiger partial charge in [0.05, 0.1) is 0 Å². The van der Waals surface area contributed by atoms with Crippen LogP contribution in [0.2, 0.25) is 0 Å². The molecule has 2 unspecified atom stereocenters. The van der Waals surface area contributed by atoms with Gasteiger partial charge in [0.25, 0.3) is 0 Å². The number of likely N-dealkylation sites (tertiary alicyclic amines) is 2. The largest absolute Gasteiger partial charge is 0.357 e. The number of likely N-dealkylation sites (N-methyl/N-ethyl adjacent to an activating group) is 1. The molecular formula is C17H35N5. The van der Waals surface area contributed by atoms with Crippen LogP contribution in [0.1, 0.15) is 39.5 Å². The normalized spacial score (nSPS) is 28.0. The molecule has 0 radical (unpaired) electrons. The van der Waals surface area contributed by atoms with Crippen molar-refractivity contribution in [3.63, 3.8) is 0 Å². The summed E-state index contributed by atoms with van der Waals surface area (Å²) in [5, 5.41) is 6.96. The van der Waals surface area contributed by atoms with Crippen molar-refractivity contribution in [1.29, 1.82) is 0 Å². The summed E-state index contributed by atoms with van der Waals surface area (Å²) in [4.78, 5) is 9.84. The Morgan fingerprint density at radius 2 is 1.95 bits per heavy atom. The number of nitrogens with one attached hydrogen (secondary N) is 2. The van der Waals surface area contributed by atoms with Crippen molar-refractivity contribution in [3.05, 3.63) is 0 Å². The first-order valence-corrected chi connectivity index (χ1v) is 9.17. The molecule has 2 rings (SSSR count). The standard InChI is InChI=1S/C17H35N5/c1-4-18-17(19-12-15-8-6-10-21(3)14-15)20-13-16-9-7-11-22(16)5-2/h15-16H,4-14H2,1-3H3,(H2,18,19,20). The quantitative estimate of drug-likeness (QED) is 0.574. The zero-order valence-corrected chi connectivity index (χ0v) is 14.8. The molecule has 0 bridgehead atoms. The number of guanidine groups is 1. The SMILES string of the molecule is CCNC(=NCC1CCCN(C)C1)NCC1CCCN1CC. The number of hydrogen-bond donors (Lipinski definition) is 2. The fourth-order valence-electron chi connectivity index (χ4n) is 3.74. The van der Waals surface area contributed by atoms with Crippen LogP contribution in [-0.4, -0.2) is 74.7 Å². The molecule has 5 heteroatoms. The van der Waals surface area contributed by atoms with Crippen LogP contribution in [-0.2, 0) is 0 Å². The van der Waals surface area contributed by atoms with Crippen LogP contribution < -0.4 is 10.6 Å². The molecule has 0 aliphatic carbocycles. The maximum absolute atomic E-state index is 4.83. The minimum absolute atomic E-state index is 0.676. The molecule has 2 aliphatic rings. The second-order valence-electron chi connectivity index (χ2n) is 6.80. The van der Waals surface area contributed by atoms with Crippen LogP contribution in [0, 0.1) is 5.92 Å². The second-order valence-corrected chi connectivity index (χ2v) is 6.80. The highest BCUT2D eigenvalue weighted by Gasteiger charge is 2.23. The second kappa shape index (κ2) is 9.36. The van der Waals surface area contributed by atoms with Gasteiger partial charge in [-0.25, -0.2) is 0 Å². The molecular weight excluding hydrogens is 274 g/mol. The zero-order valence-electron chi connectivity index (χ0n) is 14.8. The first-order valence-electron chi connectivity index (χ1n) is 9.17. The Balaban J connectivity index is 1.79. The maximum Gasteiger partial charge on any atom is 0.191 e. The van der Waals surface area contributed by atoms with Gasteiger partial charge in [0.2, 0.25) is 0 Å². The molecule has 2 atom stereocenters. The van der Waals surface area contributed by atoms with E-state index in [0.29, 0.717) is 12.0 Å². The lowest BCUT2D eigenvalue weighted by atomic mass is 9.99. The first kappa shape index (κ1) is 17.5. The van der Waals surface area contributed by atoms with Crippen LogP contribution in [0.5, 0.6) is 0 Å². The van der Waals surface area contributed by atoms with Crippen LogP contribution >= 0.6 is 0 Å². The Morgan fingerprint density at radius 3 is 2.68 bits per heavy atom. The van der Waals surface area contributed by atoms with E-state index in [1.165, 1.54) is 45.3 Å². The van der Waals surface area contributed by atoms with Gasteiger partial charge in [-0.1, -0.05) is 6.92 Å². The van der Waals surface area contributed by atoms with Crippen molar-refractivity contribution < 1.29 is 0 Å². The van der Waals surface area contributed by atoms with Crippen LogP contribution in [0.15, 0.2) is 4.99 Å². The zero-order chi connectivity index (χ0) is 15.8. The summed E-state index contributed by atoms with van der Waals surface area (Å²) in [6.07, 6.45) is 5.28. The van der Waals surface area contributed by atoms with Crippen molar-refractivity contribution in [1.82, 2.24) is 20.4 Å². The molecule has 2 N–H and O–H groups in total. The van der Waals surface area contributed by atoms with E-state index in [9.17, 15) is 0 Å². The lowest BCUT2D eigenvalue weighted by Crippen LogP contribution is -2.45. The summed E-state index contributed by atoms with van der Waals surface area (Å²) < 4.78 is 0. The summed E-state index contributed by atoms with van der Waals surface area (Å²) in [6, 6.07) is 0.676. The van der Waals surface area contributed by atoms with Crippen LogP contribution in [0.3, 0.4) is 0 Å². The topological polar surface area (TPSA) is 42.9 Å². The van der Waals surface area contributed by atoms with Gasteiger partial charge >= 0.3 is 0 Å². The fraction of sp³-hybridized carbons (Fsp3) is 0.941. The number of rotatable bonds is 6. The highest BCUT2D eigenvalue weighted by molar-refractivity contribution is 5.79. The van der Waals surface area contributed by atoms with E-state index >= 15 is 0 Å². The summed E-state index contributed by atoms with van der Waals surface area (Å²) >= 11 is 0. The van der Waals surface area contributed by atoms with Crippen molar-refractivity contribution in [2.75, 3.05) is 52.9 Å². The summed E-state index contributed by atoms with van der Waals surface area (Å²) in [7, 11) is 2.22. The van der Waals surface area contributed by atoms with Gasteiger partial charge in [0.1, 0.15) is 0 Å². The van der Waals surface area contributed by atoms with E-state index in [1.807, 2.05) is 0 Å². The number of nitrogens with zero attached hydrogens (tertiary/aromatic N) is 3. The van der Waals surface area contributed by atoms with E-state index in [0.717, 1.165) is 32.1 Å². The molecule has 2 heterocycles. The third kappa shape index (κ3) is 5.43. The van der Waals surface area contributed by atoms with Gasteiger partial charge in [0, 0.05) is 32.2 Å². The molecule has 2 aliphatic heterocycles. The Hall–Kier alpha value is -0.810. The van der Waals surface area contributed by atoms with Crippen LogP contribution in [0.25, 0.3) is 0 Å². The average molecular weight is 310 g/mol. The predicted molar refractivity (Wildman–Crippen MR) is 94.5 cm³/mol. The summed E-state index contributed by atoms with van der Waals surface area (Å²) in [5.74, 6) is 1.71. The molecule has 0 aromatic carbocycles. The molecule has 0 aromatic heterocycles. The van der Waals surface area contributed by atoms with Crippen molar-refractivity contribution >= 4 is 5.96 Å². The Labute approximate surface area is 136 Å². The van der Waals surface area contributed by atoms with E-state index in [1.54, 1.807) is 0 Å².